The molecule has 188 valence electrons. The molecule has 1 aromatic rings. The number of methoxy groups -OCH3 is 1. The van der Waals surface area contributed by atoms with Gasteiger partial charge in [0.05, 0.1) is 17.7 Å². The third-order valence-electron chi connectivity index (χ3n) is 6.33. The first-order valence-corrected chi connectivity index (χ1v) is 12.0. The van der Waals surface area contributed by atoms with Gasteiger partial charge >= 0.3 is 6.03 Å². The number of carbonyl (C=O) groups is 3. The maximum atomic E-state index is 13.4. The van der Waals surface area contributed by atoms with Crippen LogP contribution < -0.4 is 15.4 Å². The topological polar surface area (TPSA) is 100 Å². The summed E-state index contributed by atoms with van der Waals surface area (Å²) in [5, 5.41) is 5.87. The number of fused-ring (bicyclic) bond motifs is 1. The standard InChI is InChI=1S/C25H38N4O5/c1-15(2)26-25(32)29-12-16(3)22(33-6)13-28(5)24(31)20-11-19(27-23(30)18-7-8-18)9-10-21(20)34-14-17(29)4/h9-11,15-18,22H,7-8,12-14H2,1-6H3,(H,26,32)(H,27,30)/t16-,17+,22+/m0/s1. The second-order valence-corrected chi connectivity index (χ2v) is 9.83. The quantitative estimate of drug-likeness (QED) is 0.699. The Bertz CT molecular complexity index is 901. The van der Waals surface area contributed by atoms with Crippen molar-refractivity contribution in [1.82, 2.24) is 15.1 Å². The molecule has 3 rings (SSSR count). The van der Waals surface area contributed by atoms with Crippen molar-refractivity contribution in [3.63, 3.8) is 0 Å². The number of rotatable bonds is 4. The van der Waals surface area contributed by atoms with E-state index in [1.165, 1.54) is 0 Å². The molecule has 4 amide bonds. The van der Waals surface area contributed by atoms with Crippen LogP contribution in [0.25, 0.3) is 0 Å². The van der Waals surface area contributed by atoms with Crippen LogP contribution in [-0.2, 0) is 9.53 Å². The molecule has 0 bridgehead atoms. The number of likely N-dealkylation sites (N-methyl/N-ethyl adjacent to an activating group) is 1. The van der Waals surface area contributed by atoms with E-state index in [0.717, 1.165) is 12.8 Å². The average Bonchev–Trinajstić information content (AvgIpc) is 3.63. The van der Waals surface area contributed by atoms with Crippen molar-refractivity contribution in [2.45, 2.75) is 58.7 Å². The molecular weight excluding hydrogens is 436 g/mol. The lowest BCUT2D eigenvalue weighted by atomic mass is 10.0. The van der Waals surface area contributed by atoms with Crippen molar-refractivity contribution in [3.05, 3.63) is 23.8 Å². The van der Waals surface area contributed by atoms with Crippen LogP contribution in [0.4, 0.5) is 10.5 Å². The Morgan fingerprint density at radius 1 is 1.18 bits per heavy atom. The number of nitrogens with one attached hydrogen (secondary N) is 2. The summed E-state index contributed by atoms with van der Waals surface area (Å²) in [6.07, 6.45) is 1.53. The molecule has 2 N–H and O–H groups in total. The van der Waals surface area contributed by atoms with Gasteiger partial charge in [0, 0.05) is 50.8 Å². The van der Waals surface area contributed by atoms with E-state index < -0.39 is 0 Å². The van der Waals surface area contributed by atoms with Crippen molar-refractivity contribution in [2.75, 3.05) is 39.2 Å². The predicted molar refractivity (Wildman–Crippen MR) is 130 cm³/mol. The zero-order valence-electron chi connectivity index (χ0n) is 21.1. The van der Waals surface area contributed by atoms with Crippen LogP contribution >= 0.6 is 0 Å². The zero-order valence-corrected chi connectivity index (χ0v) is 21.1. The zero-order chi connectivity index (χ0) is 25.0. The highest BCUT2D eigenvalue weighted by molar-refractivity contribution is 6.00. The van der Waals surface area contributed by atoms with E-state index in [-0.39, 0.29) is 54.5 Å². The molecule has 0 radical (unpaired) electrons. The van der Waals surface area contributed by atoms with E-state index in [1.54, 1.807) is 42.2 Å². The maximum absolute atomic E-state index is 13.4. The summed E-state index contributed by atoms with van der Waals surface area (Å²) in [4.78, 5) is 41.9. The second-order valence-electron chi connectivity index (χ2n) is 9.83. The largest absolute Gasteiger partial charge is 0.491 e. The first-order valence-electron chi connectivity index (χ1n) is 12.0. The Balaban J connectivity index is 1.92. The van der Waals surface area contributed by atoms with E-state index in [2.05, 4.69) is 10.6 Å². The number of hydrogen-bond donors (Lipinski definition) is 2. The molecule has 3 atom stereocenters. The van der Waals surface area contributed by atoms with Crippen LogP contribution in [-0.4, -0.2) is 79.7 Å². The number of carbonyl (C=O) groups excluding carboxylic acids is 3. The highest BCUT2D eigenvalue weighted by Crippen LogP contribution is 2.31. The molecule has 9 nitrogen and oxygen atoms in total. The molecule has 0 spiro atoms. The summed E-state index contributed by atoms with van der Waals surface area (Å²) in [6.45, 7) is 8.82. The minimum absolute atomic E-state index is 0.00396. The number of anilines is 1. The lowest BCUT2D eigenvalue weighted by Crippen LogP contribution is -2.52. The van der Waals surface area contributed by atoms with E-state index in [4.69, 9.17) is 9.47 Å². The van der Waals surface area contributed by atoms with Gasteiger partial charge in [-0.05, 0) is 51.8 Å². The third kappa shape index (κ3) is 6.40. The van der Waals surface area contributed by atoms with Crippen LogP contribution in [0.5, 0.6) is 5.75 Å². The normalized spacial score (nSPS) is 24.0. The lowest BCUT2D eigenvalue weighted by Gasteiger charge is -2.36. The molecule has 1 fully saturated rings. The molecule has 9 heteroatoms. The molecular formula is C25H38N4O5. The first kappa shape index (κ1) is 25.8. The first-order chi connectivity index (χ1) is 16.1. The number of amides is 4. The fraction of sp³-hybridized carbons (Fsp3) is 0.640. The highest BCUT2D eigenvalue weighted by atomic mass is 16.5. The average molecular weight is 475 g/mol. The molecule has 34 heavy (non-hydrogen) atoms. The van der Waals surface area contributed by atoms with Crippen molar-refractivity contribution in [2.24, 2.45) is 11.8 Å². The summed E-state index contributed by atoms with van der Waals surface area (Å²) < 4.78 is 11.8. The van der Waals surface area contributed by atoms with Gasteiger partial charge in [-0.25, -0.2) is 4.79 Å². The van der Waals surface area contributed by atoms with Gasteiger partial charge in [0.1, 0.15) is 12.4 Å². The Hall–Kier alpha value is -2.81. The maximum Gasteiger partial charge on any atom is 0.317 e. The third-order valence-corrected chi connectivity index (χ3v) is 6.33. The number of benzene rings is 1. The van der Waals surface area contributed by atoms with Gasteiger partial charge in [0.25, 0.3) is 5.91 Å². The molecule has 1 aliphatic heterocycles. The van der Waals surface area contributed by atoms with E-state index in [9.17, 15) is 14.4 Å². The van der Waals surface area contributed by atoms with Gasteiger partial charge in [-0.3, -0.25) is 9.59 Å². The van der Waals surface area contributed by atoms with Crippen molar-refractivity contribution < 1.29 is 23.9 Å². The Kier molecular flexibility index (Phi) is 8.41. The molecule has 0 aromatic heterocycles. The van der Waals surface area contributed by atoms with E-state index in [1.807, 2.05) is 27.7 Å². The number of urea groups is 1. The van der Waals surface area contributed by atoms with Gasteiger partial charge in [0.2, 0.25) is 5.91 Å². The smallest absolute Gasteiger partial charge is 0.317 e. The van der Waals surface area contributed by atoms with E-state index >= 15 is 0 Å². The van der Waals surface area contributed by atoms with Crippen LogP contribution in [0.2, 0.25) is 0 Å². The minimum atomic E-state index is -0.267. The van der Waals surface area contributed by atoms with Gasteiger partial charge in [0.15, 0.2) is 0 Å². The molecule has 0 unspecified atom stereocenters. The van der Waals surface area contributed by atoms with Gasteiger partial charge in [-0.1, -0.05) is 6.92 Å². The van der Waals surface area contributed by atoms with Crippen LogP contribution in [0.1, 0.15) is 50.9 Å². The second kappa shape index (κ2) is 11.1. The molecule has 0 saturated heterocycles. The van der Waals surface area contributed by atoms with Crippen molar-refractivity contribution in [1.29, 1.82) is 0 Å². The van der Waals surface area contributed by atoms with Gasteiger partial charge in [-0.15, -0.1) is 0 Å². The summed E-state index contributed by atoms with van der Waals surface area (Å²) >= 11 is 0. The van der Waals surface area contributed by atoms with Crippen LogP contribution in [0, 0.1) is 11.8 Å². The van der Waals surface area contributed by atoms with Crippen molar-refractivity contribution >= 4 is 23.5 Å². The minimum Gasteiger partial charge on any atom is -0.491 e. The summed E-state index contributed by atoms with van der Waals surface area (Å²) in [7, 11) is 3.34. The van der Waals surface area contributed by atoms with E-state index in [0.29, 0.717) is 30.1 Å². The van der Waals surface area contributed by atoms with Crippen LogP contribution in [0.3, 0.4) is 0 Å². The number of nitrogens with zero attached hydrogens (tertiary/aromatic N) is 2. The summed E-state index contributed by atoms with van der Waals surface area (Å²) in [5.41, 5.74) is 0.931. The van der Waals surface area contributed by atoms with Crippen molar-refractivity contribution in [3.8, 4) is 5.75 Å². The Labute approximate surface area is 202 Å². The fourth-order valence-corrected chi connectivity index (χ4v) is 4.06. The summed E-state index contributed by atoms with van der Waals surface area (Å²) in [6, 6.07) is 4.72. The van der Waals surface area contributed by atoms with Gasteiger partial charge < -0.3 is 29.9 Å². The number of hydrogen-bond acceptors (Lipinski definition) is 5. The van der Waals surface area contributed by atoms with Crippen LogP contribution in [0.15, 0.2) is 18.2 Å². The molecule has 1 saturated carbocycles. The summed E-state index contributed by atoms with van der Waals surface area (Å²) in [5.74, 6) is 0.213. The molecule has 1 aromatic carbocycles. The highest BCUT2D eigenvalue weighted by Gasteiger charge is 2.32. The molecule has 1 heterocycles. The lowest BCUT2D eigenvalue weighted by molar-refractivity contribution is -0.117. The Morgan fingerprint density at radius 2 is 1.88 bits per heavy atom. The monoisotopic (exact) mass is 474 g/mol. The molecule has 2 aliphatic rings. The predicted octanol–water partition coefficient (Wildman–Crippen LogP) is 2.96. The fourth-order valence-electron chi connectivity index (χ4n) is 4.06. The Morgan fingerprint density at radius 3 is 2.50 bits per heavy atom. The van der Waals surface area contributed by atoms with Gasteiger partial charge in [-0.2, -0.15) is 0 Å². The molecule has 1 aliphatic carbocycles. The SMILES string of the molecule is CO[C@@H]1CN(C)C(=O)c2cc(NC(=O)C3CC3)ccc2OC[C@@H](C)N(C(=O)NC(C)C)C[C@@H]1C. The number of ether oxygens (including phenoxy) is 2.